The van der Waals surface area contributed by atoms with Crippen LogP contribution in [-0.4, -0.2) is 47.4 Å². The maximum absolute atomic E-state index is 13.3. The molecule has 0 saturated carbocycles. The SMILES string of the molecule is CC(Cc1nc2ccccc2s1)(C(=O)NCCN1C(=O)CNC1=O)c1ccccc1. The number of carbonyl (C=O) groups excluding carboxylic acids is 3. The monoisotopic (exact) mass is 422 g/mol. The molecule has 1 aliphatic heterocycles. The van der Waals surface area contributed by atoms with Crippen molar-refractivity contribution in [2.45, 2.75) is 18.8 Å². The van der Waals surface area contributed by atoms with Crippen LogP contribution in [0.2, 0.25) is 0 Å². The van der Waals surface area contributed by atoms with Crippen molar-refractivity contribution in [3.05, 3.63) is 65.2 Å². The highest BCUT2D eigenvalue weighted by atomic mass is 32.1. The molecule has 1 aliphatic rings. The summed E-state index contributed by atoms with van der Waals surface area (Å²) in [5.74, 6) is -0.449. The molecule has 0 radical (unpaired) electrons. The van der Waals surface area contributed by atoms with Gasteiger partial charge in [0.2, 0.25) is 11.8 Å². The summed E-state index contributed by atoms with van der Waals surface area (Å²) < 4.78 is 1.09. The number of hydrogen-bond acceptors (Lipinski definition) is 5. The molecule has 2 heterocycles. The fraction of sp³-hybridized carbons (Fsp3) is 0.273. The zero-order valence-corrected chi connectivity index (χ0v) is 17.4. The molecular formula is C22H22N4O3S. The van der Waals surface area contributed by atoms with Crippen LogP contribution < -0.4 is 10.6 Å². The van der Waals surface area contributed by atoms with Crippen LogP contribution in [0.1, 0.15) is 17.5 Å². The molecule has 1 atom stereocenters. The molecule has 4 amide bonds. The zero-order valence-electron chi connectivity index (χ0n) is 16.6. The average Bonchev–Trinajstić information content (AvgIpc) is 3.31. The number of fused-ring (bicyclic) bond motifs is 1. The van der Waals surface area contributed by atoms with Crippen molar-refractivity contribution < 1.29 is 14.4 Å². The predicted molar refractivity (Wildman–Crippen MR) is 115 cm³/mol. The van der Waals surface area contributed by atoms with E-state index in [4.69, 9.17) is 4.98 Å². The molecule has 7 nitrogen and oxygen atoms in total. The minimum Gasteiger partial charge on any atom is -0.354 e. The van der Waals surface area contributed by atoms with Crippen molar-refractivity contribution in [3.63, 3.8) is 0 Å². The highest BCUT2D eigenvalue weighted by molar-refractivity contribution is 7.18. The number of aromatic nitrogens is 1. The Kier molecular flexibility index (Phi) is 5.50. The minimum absolute atomic E-state index is 0.00607. The normalized spacial score (nSPS) is 15.8. The fourth-order valence-electron chi connectivity index (χ4n) is 3.58. The maximum atomic E-state index is 13.3. The van der Waals surface area contributed by atoms with Crippen LogP contribution in [0, 0.1) is 0 Å². The molecular weight excluding hydrogens is 400 g/mol. The van der Waals surface area contributed by atoms with Gasteiger partial charge in [0.05, 0.1) is 27.2 Å². The first-order chi connectivity index (χ1) is 14.5. The van der Waals surface area contributed by atoms with Gasteiger partial charge in [-0.2, -0.15) is 0 Å². The van der Waals surface area contributed by atoms with Crippen LogP contribution in [0.4, 0.5) is 4.79 Å². The molecule has 2 aromatic carbocycles. The maximum Gasteiger partial charge on any atom is 0.324 e. The number of rotatable bonds is 7. The van der Waals surface area contributed by atoms with E-state index in [1.54, 1.807) is 11.3 Å². The molecule has 0 aliphatic carbocycles. The van der Waals surface area contributed by atoms with Crippen LogP contribution >= 0.6 is 11.3 Å². The number of benzene rings is 2. The third kappa shape index (κ3) is 3.91. The molecule has 0 spiro atoms. The third-order valence-electron chi connectivity index (χ3n) is 5.31. The Labute approximate surface area is 178 Å². The first-order valence-electron chi connectivity index (χ1n) is 9.74. The highest BCUT2D eigenvalue weighted by Gasteiger charge is 2.37. The lowest BCUT2D eigenvalue weighted by atomic mass is 9.78. The van der Waals surface area contributed by atoms with Gasteiger partial charge in [0, 0.05) is 19.5 Å². The Balaban J connectivity index is 1.53. The largest absolute Gasteiger partial charge is 0.354 e. The van der Waals surface area contributed by atoms with Gasteiger partial charge < -0.3 is 10.6 Å². The second kappa shape index (κ2) is 8.23. The first-order valence-corrected chi connectivity index (χ1v) is 10.6. The van der Waals surface area contributed by atoms with Crippen LogP contribution in [0.5, 0.6) is 0 Å². The van der Waals surface area contributed by atoms with Gasteiger partial charge >= 0.3 is 6.03 Å². The molecule has 2 N–H and O–H groups in total. The second-order valence-electron chi connectivity index (χ2n) is 7.41. The molecule has 0 bridgehead atoms. The molecule has 3 aromatic rings. The summed E-state index contributed by atoms with van der Waals surface area (Å²) in [5.41, 5.74) is 0.968. The Hall–Kier alpha value is -3.26. The molecule has 8 heteroatoms. The van der Waals surface area contributed by atoms with E-state index >= 15 is 0 Å². The van der Waals surface area contributed by atoms with Crippen LogP contribution in [0.25, 0.3) is 10.2 Å². The van der Waals surface area contributed by atoms with E-state index < -0.39 is 11.4 Å². The number of imide groups is 1. The Morgan fingerprint density at radius 1 is 1.17 bits per heavy atom. The van der Waals surface area contributed by atoms with Crippen molar-refractivity contribution in [2.75, 3.05) is 19.6 Å². The molecule has 1 fully saturated rings. The van der Waals surface area contributed by atoms with E-state index in [0.717, 1.165) is 25.7 Å². The van der Waals surface area contributed by atoms with E-state index in [9.17, 15) is 14.4 Å². The molecule has 154 valence electrons. The Morgan fingerprint density at radius 3 is 2.60 bits per heavy atom. The fourth-order valence-corrected chi connectivity index (χ4v) is 4.70. The zero-order chi connectivity index (χ0) is 21.1. The van der Waals surface area contributed by atoms with Gasteiger partial charge in [-0.3, -0.25) is 14.5 Å². The van der Waals surface area contributed by atoms with Crippen molar-refractivity contribution in [3.8, 4) is 0 Å². The standard InChI is InChI=1S/C22H22N4O3S/c1-22(15-7-3-2-4-8-15,13-18-25-16-9-5-6-10-17(16)30-18)20(28)23-11-12-26-19(27)14-24-21(26)29/h2-10H,11-14H2,1H3,(H,23,28)(H,24,29). The quantitative estimate of drug-likeness (QED) is 0.572. The van der Waals surface area contributed by atoms with Crippen molar-refractivity contribution in [2.24, 2.45) is 0 Å². The molecule has 4 rings (SSSR count). The number of amides is 4. The van der Waals surface area contributed by atoms with E-state index in [1.807, 2.05) is 61.5 Å². The van der Waals surface area contributed by atoms with Crippen molar-refractivity contribution in [1.82, 2.24) is 20.5 Å². The van der Waals surface area contributed by atoms with Gasteiger partial charge in [0.1, 0.15) is 0 Å². The number of nitrogens with one attached hydrogen (secondary N) is 2. The summed E-state index contributed by atoms with van der Waals surface area (Å²) in [7, 11) is 0. The molecule has 1 unspecified atom stereocenters. The Morgan fingerprint density at radius 2 is 1.90 bits per heavy atom. The van der Waals surface area contributed by atoms with Gasteiger partial charge in [-0.05, 0) is 24.6 Å². The Bertz CT molecular complexity index is 1050. The van der Waals surface area contributed by atoms with Gasteiger partial charge in [0.15, 0.2) is 0 Å². The van der Waals surface area contributed by atoms with Gasteiger partial charge in [-0.1, -0.05) is 42.5 Å². The van der Waals surface area contributed by atoms with Gasteiger partial charge in [-0.25, -0.2) is 9.78 Å². The second-order valence-corrected chi connectivity index (χ2v) is 8.53. The van der Waals surface area contributed by atoms with E-state index in [-0.39, 0.29) is 31.4 Å². The number of para-hydroxylation sites is 1. The summed E-state index contributed by atoms with van der Waals surface area (Å²) in [6.45, 7) is 2.24. The smallest absolute Gasteiger partial charge is 0.324 e. The molecule has 1 saturated heterocycles. The molecule has 1 aromatic heterocycles. The number of carbonyl (C=O) groups is 3. The summed E-state index contributed by atoms with van der Waals surface area (Å²) in [6.07, 6.45) is 0.450. The predicted octanol–water partition coefficient (Wildman–Crippen LogP) is 2.46. The summed E-state index contributed by atoms with van der Waals surface area (Å²) in [4.78, 5) is 42.5. The lowest BCUT2D eigenvalue weighted by molar-refractivity contribution is -0.128. The van der Waals surface area contributed by atoms with Crippen molar-refractivity contribution >= 4 is 39.4 Å². The topological polar surface area (TPSA) is 91.4 Å². The summed E-state index contributed by atoms with van der Waals surface area (Å²) in [6, 6.07) is 17.1. The number of nitrogens with zero attached hydrogens (tertiary/aromatic N) is 2. The summed E-state index contributed by atoms with van der Waals surface area (Å²) >= 11 is 1.58. The van der Waals surface area contributed by atoms with Crippen molar-refractivity contribution in [1.29, 1.82) is 0 Å². The summed E-state index contributed by atoms with van der Waals surface area (Å²) in [5, 5.41) is 6.27. The van der Waals surface area contributed by atoms with Crippen LogP contribution in [0.3, 0.4) is 0 Å². The number of urea groups is 1. The highest BCUT2D eigenvalue weighted by Crippen LogP contribution is 2.32. The van der Waals surface area contributed by atoms with Gasteiger partial charge in [-0.15, -0.1) is 11.3 Å². The average molecular weight is 423 g/mol. The van der Waals surface area contributed by atoms with Gasteiger partial charge in [0.25, 0.3) is 0 Å². The molecule has 30 heavy (non-hydrogen) atoms. The number of thiazole rings is 1. The van der Waals surface area contributed by atoms with E-state index in [0.29, 0.717) is 6.42 Å². The lowest BCUT2D eigenvalue weighted by Crippen LogP contribution is -2.47. The van der Waals surface area contributed by atoms with Crippen LogP contribution in [-0.2, 0) is 21.4 Å². The first kappa shape index (κ1) is 20.0. The number of hydrogen-bond donors (Lipinski definition) is 2. The van der Waals surface area contributed by atoms with E-state index in [1.165, 1.54) is 0 Å². The van der Waals surface area contributed by atoms with Crippen LogP contribution in [0.15, 0.2) is 54.6 Å². The minimum atomic E-state index is -0.841. The van der Waals surface area contributed by atoms with E-state index in [2.05, 4.69) is 10.6 Å². The lowest BCUT2D eigenvalue weighted by Gasteiger charge is -2.28. The third-order valence-corrected chi connectivity index (χ3v) is 6.35.